The van der Waals surface area contributed by atoms with Crippen LogP contribution >= 0.6 is 0 Å². The standard InChI is InChI=1S/C29H38N4O4/c1-20(2)30-27(34)19-33-28(22-10-8-11-23(17-22)36-4)31-25-16-21(3)26(18-24(25)29(33)35)37-15-9-14-32-12-6-5-7-13-32/h8,10-11,16-18,20H,5-7,9,12-15,19H2,1-4H3,(H,30,34). The lowest BCUT2D eigenvalue weighted by molar-refractivity contribution is -0.122. The van der Waals surface area contributed by atoms with E-state index in [-0.39, 0.29) is 24.1 Å². The van der Waals surface area contributed by atoms with E-state index in [9.17, 15) is 9.59 Å². The molecular formula is C29H38N4O4. The number of aromatic nitrogens is 2. The minimum atomic E-state index is -0.278. The summed E-state index contributed by atoms with van der Waals surface area (Å²) >= 11 is 0. The van der Waals surface area contributed by atoms with Gasteiger partial charge in [0.25, 0.3) is 5.56 Å². The van der Waals surface area contributed by atoms with Crippen LogP contribution in [-0.2, 0) is 11.3 Å². The number of ether oxygens (including phenoxy) is 2. The summed E-state index contributed by atoms with van der Waals surface area (Å²) in [5.74, 6) is 1.50. The molecule has 4 rings (SSSR count). The number of carbonyl (C=O) groups is 1. The first-order chi connectivity index (χ1) is 17.9. The molecule has 8 nitrogen and oxygen atoms in total. The molecule has 0 spiro atoms. The van der Waals surface area contributed by atoms with Crippen LogP contribution in [0.2, 0.25) is 0 Å². The number of methoxy groups -OCH3 is 1. The predicted octanol–water partition coefficient (Wildman–Crippen LogP) is 4.16. The Labute approximate surface area is 218 Å². The Balaban J connectivity index is 1.66. The smallest absolute Gasteiger partial charge is 0.262 e. The Bertz CT molecular complexity index is 1300. The average Bonchev–Trinajstić information content (AvgIpc) is 2.89. The number of piperidine rings is 1. The van der Waals surface area contributed by atoms with Crippen molar-refractivity contribution in [3.8, 4) is 22.9 Å². The summed E-state index contributed by atoms with van der Waals surface area (Å²) in [6.07, 6.45) is 4.81. The fourth-order valence-corrected chi connectivity index (χ4v) is 4.80. The monoisotopic (exact) mass is 506 g/mol. The van der Waals surface area contributed by atoms with Gasteiger partial charge in [0.2, 0.25) is 5.91 Å². The van der Waals surface area contributed by atoms with Crippen LogP contribution in [0.1, 0.15) is 45.1 Å². The third-order valence-electron chi connectivity index (χ3n) is 6.66. The summed E-state index contributed by atoms with van der Waals surface area (Å²) in [6.45, 7) is 9.56. The number of hydrogen-bond donors (Lipinski definition) is 1. The Morgan fingerprint density at radius 2 is 1.92 bits per heavy atom. The summed E-state index contributed by atoms with van der Waals surface area (Å²) in [5, 5.41) is 3.30. The molecule has 3 aromatic rings. The predicted molar refractivity (Wildman–Crippen MR) is 146 cm³/mol. The van der Waals surface area contributed by atoms with Crippen molar-refractivity contribution in [3.05, 3.63) is 52.3 Å². The molecule has 1 saturated heterocycles. The summed E-state index contributed by atoms with van der Waals surface area (Å²) in [4.78, 5) is 33.8. The van der Waals surface area contributed by atoms with E-state index in [1.54, 1.807) is 13.2 Å². The van der Waals surface area contributed by atoms with Gasteiger partial charge in [-0.2, -0.15) is 0 Å². The maximum Gasteiger partial charge on any atom is 0.262 e. The molecule has 0 aliphatic carbocycles. The number of likely N-dealkylation sites (tertiary alicyclic amines) is 1. The maximum absolute atomic E-state index is 13.7. The van der Waals surface area contributed by atoms with E-state index in [1.165, 1.54) is 36.9 Å². The molecule has 8 heteroatoms. The molecule has 0 radical (unpaired) electrons. The van der Waals surface area contributed by atoms with Crippen molar-refractivity contribution in [2.24, 2.45) is 0 Å². The van der Waals surface area contributed by atoms with Crippen molar-refractivity contribution in [2.75, 3.05) is 33.4 Å². The Morgan fingerprint density at radius 1 is 1.14 bits per heavy atom. The topological polar surface area (TPSA) is 85.7 Å². The van der Waals surface area contributed by atoms with Crippen molar-refractivity contribution in [2.45, 2.75) is 59.0 Å². The van der Waals surface area contributed by atoms with E-state index in [2.05, 4.69) is 10.2 Å². The SMILES string of the molecule is COc1cccc(-c2nc3cc(C)c(OCCCN4CCCCC4)cc3c(=O)n2CC(=O)NC(C)C)c1. The van der Waals surface area contributed by atoms with Crippen molar-refractivity contribution in [1.82, 2.24) is 19.8 Å². The first kappa shape index (κ1) is 26.7. The van der Waals surface area contributed by atoms with E-state index >= 15 is 0 Å². The number of fused-ring (bicyclic) bond motifs is 1. The highest BCUT2D eigenvalue weighted by molar-refractivity contribution is 5.84. The molecule has 198 valence electrons. The number of amides is 1. The molecular weight excluding hydrogens is 468 g/mol. The van der Waals surface area contributed by atoms with Gasteiger partial charge in [-0.3, -0.25) is 14.2 Å². The lowest BCUT2D eigenvalue weighted by Crippen LogP contribution is -2.37. The van der Waals surface area contributed by atoms with E-state index in [4.69, 9.17) is 14.5 Å². The van der Waals surface area contributed by atoms with E-state index in [1.807, 2.05) is 51.1 Å². The van der Waals surface area contributed by atoms with Crippen LogP contribution < -0.4 is 20.3 Å². The van der Waals surface area contributed by atoms with E-state index in [0.29, 0.717) is 40.4 Å². The van der Waals surface area contributed by atoms with Crippen LogP contribution in [0.4, 0.5) is 0 Å². The van der Waals surface area contributed by atoms with Crippen molar-refractivity contribution in [3.63, 3.8) is 0 Å². The van der Waals surface area contributed by atoms with Crippen molar-refractivity contribution < 1.29 is 14.3 Å². The van der Waals surface area contributed by atoms with Crippen LogP contribution in [0, 0.1) is 6.92 Å². The number of aryl methyl sites for hydroxylation is 1. The highest BCUT2D eigenvalue weighted by atomic mass is 16.5. The Kier molecular flexibility index (Phi) is 8.82. The van der Waals surface area contributed by atoms with Gasteiger partial charge in [0, 0.05) is 18.2 Å². The second-order valence-electron chi connectivity index (χ2n) is 10.0. The number of hydrogen-bond acceptors (Lipinski definition) is 6. The number of rotatable bonds is 10. The first-order valence-corrected chi connectivity index (χ1v) is 13.2. The van der Waals surface area contributed by atoms with Gasteiger partial charge in [0.05, 0.1) is 24.6 Å². The molecule has 2 heterocycles. The van der Waals surface area contributed by atoms with Crippen LogP contribution in [0.5, 0.6) is 11.5 Å². The molecule has 1 amide bonds. The third kappa shape index (κ3) is 6.68. The number of carbonyl (C=O) groups excluding carboxylic acids is 1. The zero-order valence-electron chi connectivity index (χ0n) is 22.4. The Morgan fingerprint density at radius 3 is 2.65 bits per heavy atom. The lowest BCUT2D eigenvalue weighted by atomic mass is 10.1. The molecule has 1 aliphatic rings. The van der Waals surface area contributed by atoms with Crippen LogP contribution in [0.15, 0.2) is 41.2 Å². The van der Waals surface area contributed by atoms with E-state index in [0.717, 1.165) is 18.5 Å². The minimum Gasteiger partial charge on any atom is -0.497 e. The summed E-state index contributed by atoms with van der Waals surface area (Å²) in [7, 11) is 1.59. The van der Waals surface area contributed by atoms with Crippen LogP contribution in [0.3, 0.4) is 0 Å². The number of nitrogens with one attached hydrogen (secondary N) is 1. The maximum atomic E-state index is 13.7. The largest absolute Gasteiger partial charge is 0.497 e. The van der Waals surface area contributed by atoms with Crippen molar-refractivity contribution >= 4 is 16.8 Å². The van der Waals surface area contributed by atoms with Crippen LogP contribution in [-0.4, -0.2) is 59.8 Å². The lowest BCUT2D eigenvalue weighted by Gasteiger charge is -2.26. The van der Waals surface area contributed by atoms with Gasteiger partial charge >= 0.3 is 0 Å². The minimum absolute atomic E-state index is 0.0375. The molecule has 1 aromatic heterocycles. The quantitative estimate of drug-likeness (QED) is 0.416. The molecule has 1 aliphatic heterocycles. The van der Waals surface area contributed by atoms with Gasteiger partial charge in [-0.1, -0.05) is 18.6 Å². The summed E-state index contributed by atoms with van der Waals surface area (Å²) in [6, 6.07) is 11.0. The van der Waals surface area contributed by atoms with Gasteiger partial charge in [0.1, 0.15) is 23.9 Å². The molecule has 1 fully saturated rings. The number of nitrogens with zero attached hydrogens (tertiary/aromatic N) is 3. The first-order valence-electron chi connectivity index (χ1n) is 13.2. The third-order valence-corrected chi connectivity index (χ3v) is 6.66. The van der Waals surface area contributed by atoms with Gasteiger partial charge in [0.15, 0.2) is 0 Å². The summed E-state index contributed by atoms with van der Waals surface area (Å²) in [5.41, 5.74) is 1.91. The second kappa shape index (κ2) is 12.2. The summed E-state index contributed by atoms with van der Waals surface area (Å²) < 4.78 is 12.9. The molecule has 0 unspecified atom stereocenters. The molecule has 0 saturated carbocycles. The fourth-order valence-electron chi connectivity index (χ4n) is 4.80. The van der Waals surface area contributed by atoms with Crippen LogP contribution in [0.25, 0.3) is 22.3 Å². The molecule has 0 atom stereocenters. The average molecular weight is 507 g/mol. The highest BCUT2D eigenvalue weighted by Gasteiger charge is 2.18. The van der Waals surface area contributed by atoms with Gasteiger partial charge in [-0.05, 0) is 83.0 Å². The normalized spacial score (nSPS) is 14.2. The van der Waals surface area contributed by atoms with Gasteiger partial charge in [-0.15, -0.1) is 0 Å². The number of benzene rings is 2. The molecule has 1 N–H and O–H groups in total. The fraction of sp³-hybridized carbons (Fsp3) is 0.483. The zero-order valence-corrected chi connectivity index (χ0v) is 22.4. The molecule has 0 bridgehead atoms. The highest BCUT2D eigenvalue weighted by Crippen LogP contribution is 2.27. The zero-order chi connectivity index (χ0) is 26.4. The Hall–Kier alpha value is -3.39. The second-order valence-corrected chi connectivity index (χ2v) is 10.0. The van der Waals surface area contributed by atoms with Crippen molar-refractivity contribution in [1.29, 1.82) is 0 Å². The molecule has 2 aromatic carbocycles. The molecule has 37 heavy (non-hydrogen) atoms. The van der Waals surface area contributed by atoms with Gasteiger partial charge in [-0.25, -0.2) is 4.98 Å². The van der Waals surface area contributed by atoms with E-state index < -0.39 is 0 Å². The van der Waals surface area contributed by atoms with Gasteiger partial charge < -0.3 is 19.7 Å².